The number of furan rings is 1. The molecule has 8 nitrogen and oxygen atoms in total. The van der Waals surface area contributed by atoms with Crippen molar-refractivity contribution in [3.05, 3.63) is 94.1 Å². The second-order valence-electron chi connectivity index (χ2n) is 7.03. The van der Waals surface area contributed by atoms with Crippen LogP contribution in [0.3, 0.4) is 0 Å². The Morgan fingerprint density at radius 1 is 1.15 bits per heavy atom. The number of carbonyl (C=O) groups excluding carboxylic acids is 1. The van der Waals surface area contributed by atoms with Crippen LogP contribution in [-0.2, 0) is 12.3 Å². The van der Waals surface area contributed by atoms with Crippen LogP contribution in [0.5, 0.6) is 0 Å². The normalized spacial score (nSPS) is 11.0. The van der Waals surface area contributed by atoms with Crippen molar-refractivity contribution < 1.29 is 9.21 Å². The Morgan fingerprint density at radius 3 is 2.82 bits per heavy atom. The molecule has 1 aromatic carbocycles. The van der Waals surface area contributed by atoms with Crippen LogP contribution in [0.15, 0.2) is 82.1 Å². The molecular formula is C23H17ClN6O2S2. The summed E-state index contributed by atoms with van der Waals surface area (Å²) >= 11 is 9.16. The molecule has 0 saturated carbocycles. The third-order valence-corrected chi connectivity index (χ3v) is 6.96. The van der Waals surface area contributed by atoms with Gasteiger partial charge in [0.1, 0.15) is 16.5 Å². The summed E-state index contributed by atoms with van der Waals surface area (Å²) in [5.74, 6) is 1.66. The van der Waals surface area contributed by atoms with Gasteiger partial charge in [-0.05, 0) is 42.5 Å². The maximum atomic E-state index is 12.4. The molecule has 0 fully saturated rings. The summed E-state index contributed by atoms with van der Waals surface area (Å²) in [4.78, 5) is 21.0. The van der Waals surface area contributed by atoms with Crippen molar-refractivity contribution in [2.75, 3.05) is 0 Å². The van der Waals surface area contributed by atoms with Gasteiger partial charge < -0.3 is 9.73 Å². The molecule has 0 radical (unpaired) electrons. The Morgan fingerprint density at radius 2 is 2.03 bits per heavy atom. The highest BCUT2D eigenvalue weighted by atomic mass is 35.5. The standard InChI is InChI=1S/C23H17ClN6O2S2/c24-16-3-1-4-17(11-16)30-21(15-6-8-25-9-7-15)28-29-23(30)34-14-20-27-19(13-33-20)22(31)26-12-18-5-2-10-32-18/h1-11,13H,12,14H2,(H,26,31). The Bertz CT molecular complexity index is 1400. The largest absolute Gasteiger partial charge is 0.467 e. The third kappa shape index (κ3) is 5.04. The molecular weight excluding hydrogens is 492 g/mol. The number of thiazole rings is 1. The fourth-order valence-corrected chi connectivity index (χ4v) is 5.11. The number of thioether (sulfide) groups is 1. The molecule has 4 heterocycles. The molecule has 0 aliphatic rings. The zero-order valence-corrected chi connectivity index (χ0v) is 20.0. The maximum Gasteiger partial charge on any atom is 0.271 e. The quantitative estimate of drug-likeness (QED) is 0.285. The molecule has 34 heavy (non-hydrogen) atoms. The van der Waals surface area contributed by atoms with E-state index in [1.165, 1.54) is 23.1 Å². The lowest BCUT2D eigenvalue weighted by atomic mass is 10.2. The van der Waals surface area contributed by atoms with Crippen LogP contribution in [-0.4, -0.2) is 30.6 Å². The van der Waals surface area contributed by atoms with Crippen molar-refractivity contribution in [2.45, 2.75) is 17.5 Å². The molecule has 1 amide bonds. The number of hydrogen-bond acceptors (Lipinski definition) is 8. The average molecular weight is 509 g/mol. The van der Waals surface area contributed by atoms with Crippen LogP contribution in [0.4, 0.5) is 0 Å². The number of amides is 1. The average Bonchev–Trinajstić information content (AvgIpc) is 3.63. The van der Waals surface area contributed by atoms with Crippen LogP contribution in [0.1, 0.15) is 21.3 Å². The highest BCUT2D eigenvalue weighted by Crippen LogP contribution is 2.31. The van der Waals surface area contributed by atoms with Gasteiger partial charge in [-0.1, -0.05) is 29.4 Å². The molecule has 0 atom stereocenters. The Hall–Kier alpha value is -3.47. The third-order valence-electron chi connectivity index (χ3n) is 4.75. The fraction of sp³-hybridized carbons (Fsp3) is 0.0870. The summed E-state index contributed by atoms with van der Waals surface area (Å²) in [6.45, 7) is 0.313. The molecule has 11 heteroatoms. The van der Waals surface area contributed by atoms with Crippen LogP contribution in [0.25, 0.3) is 17.1 Å². The van der Waals surface area contributed by atoms with E-state index in [1.54, 1.807) is 36.2 Å². The van der Waals surface area contributed by atoms with Crippen LogP contribution in [0, 0.1) is 0 Å². The molecule has 5 aromatic rings. The van der Waals surface area contributed by atoms with Gasteiger partial charge in [-0.15, -0.1) is 21.5 Å². The molecule has 0 aliphatic carbocycles. The van der Waals surface area contributed by atoms with Crippen LogP contribution < -0.4 is 5.32 Å². The van der Waals surface area contributed by atoms with E-state index < -0.39 is 0 Å². The van der Waals surface area contributed by atoms with E-state index in [0.29, 0.717) is 39.8 Å². The zero-order valence-electron chi connectivity index (χ0n) is 17.6. The van der Waals surface area contributed by atoms with E-state index in [2.05, 4.69) is 25.5 Å². The molecule has 0 aliphatic heterocycles. The number of benzene rings is 1. The van der Waals surface area contributed by atoms with Crippen molar-refractivity contribution in [1.29, 1.82) is 0 Å². The van der Waals surface area contributed by atoms with Gasteiger partial charge in [-0.25, -0.2) is 4.98 Å². The number of nitrogens with one attached hydrogen (secondary N) is 1. The Kier molecular flexibility index (Phi) is 6.70. The van der Waals surface area contributed by atoms with Crippen molar-refractivity contribution in [2.24, 2.45) is 0 Å². The number of rotatable bonds is 8. The first-order chi connectivity index (χ1) is 16.7. The van der Waals surface area contributed by atoms with Gasteiger partial charge in [0, 0.05) is 28.4 Å². The van der Waals surface area contributed by atoms with Crippen LogP contribution >= 0.6 is 34.7 Å². The SMILES string of the molecule is O=C(NCc1ccco1)c1csc(CSc2nnc(-c3ccncc3)n2-c2cccc(Cl)c2)n1. The number of hydrogen-bond donors (Lipinski definition) is 1. The monoisotopic (exact) mass is 508 g/mol. The predicted octanol–water partition coefficient (Wildman–Crippen LogP) is 5.25. The minimum atomic E-state index is -0.244. The highest BCUT2D eigenvalue weighted by Gasteiger charge is 2.18. The van der Waals surface area contributed by atoms with E-state index in [9.17, 15) is 4.79 Å². The Labute approximate surface area is 208 Å². The lowest BCUT2D eigenvalue weighted by molar-refractivity contribution is 0.0943. The lowest BCUT2D eigenvalue weighted by Gasteiger charge is -2.10. The van der Waals surface area contributed by atoms with Gasteiger partial charge in [-0.2, -0.15) is 0 Å². The summed E-state index contributed by atoms with van der Waals surface area (Å²) in [5, 5.41) is 15.5. The molecule has 5 rings (SSSR count). The number of halogens is 1. The summed E-state index contributed by atoms with van der Waals surface area (Å²) in [5.41, 5.74) is 2.11. The van der Waals surface area contributed by atoms with Gasteiger partial charge in [-0.3, -0.25) is 14.3 Å². The first kappa shape index (κ1) is 22.3. The van der Waals surface area contributed by atoms with Gasteiger partial charge in [0.2, 0.25) is 0 Å². The van der Waals surface area contributed by atoms with E-state index in [-0.39, 0.29) is 5.91 Å². The maximum absolute atomic E-state index is 12.4. The second-order valence-corrected chi connectivity index (χ2v) is 9.36. The summed E-state index contributed by atoms with van der Waals surface area (Å²) in [7, 11) is 0. The minimum absolute atomic E-state index is 0.244. The van der Waals surface area contributed by atoms with E-state index >= 15 is 0 Å². The smallest absolute Gasteiger partial charge is 0.271 e. The zero-order chi connectivity index (χ0) is 23.3. The molecule has 0 unspecified atom stereocenters. The minimum Gasteiger partial charge on any atom is -0.467 e. The Balaban J connectivity index is 1.34. The van der Waals surface area contributed by atoms with E-state index in [4.69, 9.17) is 16.0 Å². The first-order valence-corrected chi connectivity index (χ1v) is 12.4. The number of nitrogens with zero attached hydrogens (tertiary/aromatic N) is 5. The summed E-state index contributed by atoms with van der Waals surface area (Å²) < 4.78 is 7.19. The summed E-state index contributed by atoms with van der Waals surface area (Å²) in [6.07, 6.45) is 5.00. The molecule has 0 bridgehead atoms. The molecule has 170 valence electrons. The molecule has 0 spiro atoms. The van der Waals surface area contributed by atoms with E-state index in [1.807, 2.05) is 41.0 Å². The predicted molar refractivity (Wildman–Crippen MR) is 131 cm³/mol. The van der Waals surface area contributed by atoms with Crippen molar-refractivity contribution in [3.63, 3.8) is 0 Å². The lowest BCUT2D eigenvalue weighted by Crippen LogP contribution is -2.22. The van der Waals surface area contributed by atoms with Gasteiger partial charge in [0.05, 0.1) is 24.2 Å². The fourth-order valence-electron chi connectivity index (χ4n) is 3.18. The van der Waals surface area contributed by atoms with Gasteiger partial charge >= 0.3 is 0 Å². The van der Waals surface area contributed by atoms with Crippen molar-refractivity contribution in [1.82, 2.24) is 30.0 Å². The van der Waals surface area contributed by atoms with Crippen LogP contribution in [0.2, 0.25) is 5.02 Å². The van der Waals surface area contributed by atoms with Crippen molar-refractivity contribution in [3.8, 4) is 17.1 Å². The number of aromatic nitrogens is 5. The number of pyridine rings is 1. The molecule has 4 aromatic heterocycles. The highest BCUT2D eigenvalue weighted by molar-refractivity contribution is 7.98. The first-order valence-electron chi connectivity index (χ1n) is 10.2. The summed E-state index contributed by atoms with van der Waals surface area (Å²) in [6, 6.07) is 14.9. The number of carbonyl (C=O) groups is 1. The molecule has 1 N–H and O–H groups in total. The van der Waals surface area contributed by atoms with Crippen molar-refractivity contribution >= 4 is 40.6 Å². The van der Waals surface area contributed by atoms with E-state index in [0.717, 1.165) is 16.3 Å². The molecule has 0 saturated heterocycles. The topological polar surface area (TPSA) is 98.7 Å². The van der Waals surface area contributed by atoms with Gasteiger partial charge in [0.25, 0.3) is 5.91 Å². The van der Waals surface area contributed by atoms with Gasteiger partial charge in [0.15, 0.2) is 11.0 Å². The second kappa shape index (κ2) is 10.2.